The maximum atomic E-state index is 12.1. The highest BCUT2D eigenvalue weighted by atomic mass is 32.2. The molecule has 1 unspecified atom stereocenters. The summed E-state index contributed by atoms with van der Waals surface area (Å²) in [6.45, 7) is 3.04. The van der Waals surface area contributed by atoms with Crippen molar-refractivity contribution < 1.29 is 9.53 Å². The molecule has 86 valence electrons. The lowest BCUT2D eigenvalue weighted by Crippen LogP contribution is -2.37. The second-order valence-electron chi connectivity index (χ2n) is 4.79. The van der Waals surface area contributed by atoms with E-state index in [9.17, 15) is 4.79 Å². The lowest BCUT2D eigenvalue weighted by molar-refractivity contribution is -0.134. The van der Waals surface area contributed by atoms with Crippen LogP contribution in [0.5, 0.6) is 0 Å². The monoisotopic (exact) mass is 228 g/mol. The van der Waals surface area contributed by atoms with Gasteiger partial charge in [0.15, 0.2) is 5.78 Å². The first-order valence-electron chi connectivity index (χ1n) is 6.00. The van der Waals surface area contributed by atoms with Gasteiger partial charge in [-0.1, -0.05) is 19.8 Å². The van der Waals surface area contributed by atoms with Crippen LogP contribution < -0.4 is 0 Å². The van der Waals surface area contributed by atoms with Crippen LogP contribution >= 0.6 is 11.8 Å². The largest absolute Gasteiger partial charge is 0.369 e. The van der Waals surface area contributed by atoms with Gasteiger partial charge in [-0.05, 0) is 18.8 Å². The van der Waals surface area contributed by atoms with Crippen LogP contribution in [-0.4, -0.2) is 30.0 Å². The van der Waals surface area contributed by atoms with E-state index in [-0.39, 0.29) is 6.10 Å². The summed E-state index contributed by atoms with van der Waals surface area (Å²) < 4.78 is 5.55. The topological polar surface area (TPSA) is 26.3 Å². The number of carbonyl (C=O) groups is 1. The summed E-state index contributed by atoms with van der Waals surface area (Å²) in [7, 11) is 0. The zero-order valence-electron chi connectivity index (χ0n) is 9.41. The maximum absolute atomic E-state index is 12.1. The summed E-state index contributed by atoms with van der Waals surface area (Å²) in [6, 6.07) is 0. The zero-order valence-corrected chi connectivity index (χ0v) is 10.2. The highest BCUT2D eigenvalue weighted by Crippen LogP contribution is 2.30. The van der Waals surface area contributed by atoms with Crippen molar-refractivity contribution in [2.75, 3.05) is 18.1 Å². The summed E-state index contributed by atoms with van der Waals surface area (Å²) in [5, 5.41) is 0. The first kappa shape index (κ1) is 11.5. The molecule has 0 bridgehead atoms. The number of hydrogen-bond donors (Lipinski definition) is 0. The van der Waals surface area contributed by atoms with Crippen molar-refractivity contribution in [1.82, 2.24) is 0 Å². The molecule has 0 N–H and O–H groups in total. The SMILES string of the molecule is CC1CCC(C(=O)C2CSCCO2)CC1. The van der Waals surface area contributed by atoms with Gasteiger partial charge in [0.2, 0.25) is 0 Å². The summed E-state index contributed by atoms with van der Waals surface area (Å²) in [4.78, 5) is 12.1. The van der Waals surface area contributed by atoms with Gasteiger partial charge >= 0.3 is 0 Å². The Labute approximate surface area is 96.1 Å². The highest BCUT2D eigenvalue weighted by molar-refractivity contribution is 7.99. The molecular formula is C12H20O2S. The molecule has 0 aromatic carbocycles. The molecule has 3 heteroatoms. The van der Waals surface area contributed by atoms with E-state index in [1.807, 2.05) is 11.8 Å². The van der Waals surface area contributed by atoms with E-state index in [2.05, 4.69) is 6.92 Å². The molecule has 0 spiro atoms. The highest BCUT2D eigenvalue weighted by Gasteiger charge is 2.31. The van der Waals surface area contributed by atoms with Crippen LogP contribution in [0.25, 0.3) is 0 Å². The van der Waals surface area contributed by atoms with Crippen molar-refractivity contribution in [2.45, 2.75) is 38.7 Å². The van der Waals surface area contributed by atoms with Gasteiger partial charge in [0.1, 0.15) is 6.10 Å². The van der Waals surface area contributed by atoms with E-state index >= 15 is 0 Å². The maximum Gasteiger partial charge on any atom is 0.165 e. The van der Waals surface area contributed by atoms with Crippen LogP contribution in [-0.2, 0) is 9.53 Å². The van der Waals surface area contributed by atoms with E-state index < -0.39 is 0 Å². The van der Waals surface area contributed by atoms with E-state index in [4.69, 9.17) is 4.74 Å². The normalized spacial score (nSPS) is 37.5. The molecule has 2 fully saturated rings. The summed E-state index contributed by atoms with van der Waals surface area (Å²) in [5.74, 6) is 3.42. The van der Waals surface area contributed by atoms with Gasteiger partial charge in [-0.2, -0.15) is 11.8 Å². The van der Waals surface area contributed by atoms with Gasteiger partial charge in [-0.3, -0.25) is 4.79 Å². The van der Waals surface area contributed by atoms with Crippen LogP contribution in [0.15, 0.2) is 0 Å². The van der Waals surface area contributed by atoms with Crippen molar-refractivity contribution in [2.24, 2.45) is 11.8 Å². The van der Waals surface area contributed by atoms with Crippen LogP contribution in [0.4, 0.5) is 0 Å². The lowest BCUT2D eigenvalue weighted by Gasteiger charge is -2.29. The minimum Gasteiger partial charge on any atom is -0.369 e. The van der Waals surface area contributed by atoms with E-state index in [1.54, 1.807) is 0 Å². The first-order chi connectivity index (χ1) is 7.27. The van der Waals surface area contributed by atoms with Crippen molar-refractivity contribution in [3.05, 3.63) is 0 Å². The molecule has 2 aliphatic rings. The van der Waals surface area contributed by atoms with Crippen LogP contribution in [0.2, 0.25) is 0 Å². The molecule has 15 heavy (non-hydrogen) atoms. The third-order valence-corrected chi connectivity index (χ3v) is 4.55. The van der Waals surface area contributed by atoms with Crippen LogP contribution in [0, 0.1) is 11.8 Å². The first-order valence-corrected chi connectivity index (χ1v) is 7.16. The van der Waals surface area contributed by atoms with Gasteiger partial charge in [-0.15, -0.1) is 0 Å². The molecule has 1 atom stereocenters. The van der Waals surface area contributed by atoms with E-state index in [1.165, 1.54) is 12.8 Å². The predicted octanol–water partition coefficient (Wildman–Crippen LogP) is 2.51. The number of ketones is 1. The fraction of sp³-hybridized carbons (Fsp3) is 0.917. The average molecular weight is 228 g/mol. The van der Waals surface area contributed by atoms with Crippen molar-refractivity contribution in [3.8, 4) is 0 Å². The third kappa shape index (κ3) is 2.97. The fourth-order valence-corrected chi connectivity index (χ4v) is 3.31. The molecular weight excluding hydrogens is 208 g/mol. The third-order valence-electron chi connectivity index (χ3n) is 3.55. The van der Waals surface area contributed by atoms with E-state index in [0.29, 0.717) is 11.7 Å². The molecule has 1 saturated carbocycles. The number of thioether (sulfide) groups is 1. The number of ether oxygens (including phenoxy) is 1. The smallest absolute Gasteiger partial charge is 0.165 e. The van der Waals surface area contributed by atoms with Crippen LogP contribution in [0.3, 0.4) is 0 Å². The molecule has 0 aromatic heterocycles. The van der Waals surface area contributed by atoms with Gasteiger partial charge < -0.3 is 4.74 Å². The van der Waals surface area contributed by atoms with Crippen LogP contribution in [0.1, 0.15) is 32.6 Å². The Morgan fingerprint density at radius 2 is 2.00 bits per heavy atom. The Hall–Kier alpha value is -0.0200. The minimum absolute atomic E-state index is 0.0952. The molecule has 2 rings (SSSR count). The molecule has 1 aliphatic carbocycles. The van der Waals surface area contributed by atoms with Crippen molar-refractivity contribution >= 4 is 17.5 Å². The van der Waals surface area contributed by atoms with Gasteiger partial charge in [0.25, 0.3) is 0 Å². The Balaban J connectivity index is 1.84. The molecule has 1 aliphatic heterocycles. The van der Waals surface area contributed by atoms with Crippen molar-refractivity contribution in [1.29, 1.82) is 0 Å². The fourth-order valence-electron chi connectivity index (χ4n) is 2.46. The second kappa shape index (κ2) is 5.35. The number of rotatable bonds is 2. The summed E-state index contributed by atoms with van der Waals surface area (Å²) >= 11 is 1.85. The average Bonchev–Trinajstić information content (AvgIpc) is 2.30. The Morgan fingerprint density at radius 3 is 2.60 bits per heavy atom. The Bertz CT molecular complexity index is 216. The number of hydrogen-bond acceptors (Lipinski definition) is 3. The molecule has 2 nitrogen and oxygen atoms in total. The van der Waals surface area contributed by atoms with Crippen molar-refractivity contribution in [3.63, 3.8) is 0 Å². The van der Waals surface area contributed by atoms with Gasteiger partial charge in [-0.25, -0.2) is 0 Å². The van der Waals surface area contributed by atoms with E-state index in [0.717, 1.165) is 36.9 Å². The summed E-state index contributed by atoms with van der Waals surface area (Å²) in [5.41, 5.74) is 0. The molecule has 0 radical (unpaired) electrons. The van der Waals surface area contributed by atoms with Gasteiger partial charge in [0.05, 0.1) is 6.61 Å². The predicted molar refractivity (Wildman–Crippen MR) is 63.2 cm³/mol. The summed E-state index contributed by atoms with van der Waals surface area (Å²) in [6.07, 6.45) is 4.52. The Morgan fingerprint density at radius 1 is 1.27 bits per heavy atom. The molecule has 0 aromatic rings. The number of Topliss-reactive ketones (excluding diaryl/α,β-unsaturated/α-hetero) is 1. The number of carbonyl (C=O) groups excluding carboxylic acids is 1. The Kier molecular flexibility index (Phi) is 4.09. The molecule has 1 heterocycles. The molecule has 1 saturated heterocycles. The zero-order chi connectivity index (χ0) is 10.7. The molecule has 0 amide bonds. The van der Waals surface area contributed by atoms with Gasteiger partial charge in [0, 0.05) is 17.4 Å². The minimum atomic E-state index is -0.0952. The standard InChI is InChI=1S/C12H20O2S/c1-9-2-4-10(5-3-9)12(13)11-8-15-7-6-14-11/h9-11H,2-8H2,1H3. The lowest BCUT2D eigenvalue weighted by atomic mass is 9.80. The quantitative estimate of drug-likeness (QED) is 0.726. The second-order valence-corrected chi connectivity index (χ2v) is 5.94.